The maximum atomic E-state index is 10.0. The van der Waals surface area contributed by atoms with Gasteiger partial charge in [0.15, 0.2) is 0 Å². The van der Waals surface area contributed by atoms with Gasteiger partial charge in [0, 0.05) is 0 Å². The lowest BCUT2D eigenvalue weighted by atomic mass is 10.6. The average molecular weight is 98.1 g/mol. The molecule has 0 heterocycles. The fraction of sp³-hybridized carbons (Fsp3) is 0.250. The molecule has 0 radical (unpaired) electrons. The van der Waals surface area contributed by atoms with Gasteiger partial charge in [0.1, 0.15) is 6.54 Å². The van der Waals surface area contributed by atoms with E-state index < -0.39 is 0 Å². The summed E-state index contributed by atoms with van der Waals surface area (Å²) in [4.78, 5) is 16.4. The molecule has 0 fully saturated rings. The third-order valence-corrected chi connectivity index (χ3v) is 0.423. The first-order valence-electron chi connectivity index (χ1n) is 1.73. The quantitative estimate of drug-likeness (QED) is 0.445. The van der Waals surface area contributed by atoms with E-state index in [1.807, 2.05) is 0 Å². The Kier molecular flexibility index (Phi) is 2.76. The van der Waals surface area contributed by atoms with E-state index in [0.29, 0.717) is 0 Å². The van der Waals surface area contributed by atoms with Gasteiger partial charge in [0.25, 0.3) is 5.91 Å². The molecule has 0 aliphatic heterocycles. The van der Waals surface area contributed by atoms with Gasteiger partial charge in [-0.2, -0.15) is 0 Å². The molecule has 7 heavy (non-hydrogen) atoms. The molecule has 0 unspecified atom stereocenters. The Bertz CT molecular complexity index is 97.9. The molecule has 0 bridgehead atoms. The van der Waals surface area contributed by atoms with E-state index in [2.05, 4.69) is 23.4 Å². The number of carbonyl (C=O) groups is 1. The van der Waals surface area contributed by atoms with Gasteiger partial charge in [-0.05, 0) is 13.4 Å². The molecule has 38 valence electrons. The smallest absolute Gasteiger partial charge is 0.266 e. The van der Waals surface area contributed by atoms with E-state index in [1.165, 1.54) is 0 Å². The van der Waals surface area contributed by atoms with Gasteiger partial charge in [-0.3, -0.25) is 9.79 Å². The van der Waals surface area contributed by atoms with E-state index in [-0.39, 0.29) is 12.5 Å². The van der Waals surface area contributed by atoms with Gasteiger partial charge in [-0.1, -0.05) is 0 Å². The summed E-state index contributed by atoms with van der Waals surface area (Å²) in [7, 11) is 0. The van der Waals surface area contributed by atoms with Crippen LogP contribution in [0.3, 0.4) is 0 Å². The normalized spacial score (nSPS) is 7.43. The molecule has 0 rings (SSSR count). The standard InChI is InChI=1S/C4H6N2O/c1-5-3-4(7)6-2/h1-3H2. The molecular formula is C4H6N2O. The first-order chi connectivity index (χ1) is 3.31. The molecule has 0 saturated carbocycles. The second-order valence-electron chi connectivity index (χ2n) is 0.934. The van der Waals surface area contributed by atoms with Crippen molar-refractivity contribution >= 4 is 19.3 Å². The van der Waals surface area contributed by atoms with Crippen LogP contribution in [0.5, 0.6) is 0 Å². The number of hydrogen-bond donors (Lipinski definition) is 0. The summed E-state index contributed by atoms with van der Waals surface area (Å²) >= 11 is 0. The van der Waals surface area contributed by atoms with Crippen molar-refractivity contribution in [2.24, 2.45) is 9.98 Å². The highest BCUT2D eigenvalue weighted by Crippen LogP contribution is 1.70. The van der Waals surface area contributed by atoms with Gasteiger partial charge in [0.2, 0.25) is 0 Å². The van der Waals surface area contributed by atoms with E-state index in [4.69, 9.17) is 0 Å². The highest BCUT2D eigenvalue weighted by atomic mass is 16.1. The zero-order valence-corrected chi connectivity index (χ0v) is 3.92. The second-order valence-corrected chi connectivity index (χ2v) is 0.934. The predicted octanol–water partition coefficient (Wildman–Crippen LogP) is -0.0858. The van der Waals surface area contributed by atoms with Crippen LogP contribution in [0.25, 0.3) is 0 Å². The molecule has 0 saturated heterocycles. The van der Waals surface area contributed by atoms with Crippen LogP contribution in [0.15, 0.2) is 9.98 Å². The molecule has 0 atom stereocenters. The van der Waals surface area contributed by atoms with Crippen LogP contribution >= 0.6 is 0 Å². The molecule has 3 heteroatoms. The third-order valence-electron chi connectivity index (χ3n) is 0.423. The van der Waals surface area contributed by atoms with Crippen LogP contribution in [-0.2, 0) is 4.79 Å². The highest BCUT2D eigenvalue weighted by molar-refractivity contribution is 5.82. The zero-order valence-electron chi connectivity index (χ0n) is 3.92. The van der Waals surface area contributed by atoms with Crippen molar-refractivity contribution in [1.29, 1.82) is 0 Å². The number of hydrogen-bond acceptors (Lipinski definition) is 2. The minimum absolute atomic E-state index is 0.0451. The largest absolute Gasteiger partial charge is 0.291 e. The van der Waals surface area contributed by atoms with Gasteiger partial charge in [-0.15, -0.1) is 0 Å². The van der Waals surface area contributed by atoms with Crippen LogP contribution < -0.4 is 0 Å². The lowest BCUT2D eigenvalue weighted by Gasteiger charge is -1.78. The molecule has 0 aliphatic rings. The van der Waals surface area contributed by atoms with Crippen molar-refractivity contribution in [3.05, 3.63) is 0 Å². The van der Waals surface area contributed by atoms with Crippen LogP contribution in [0.4, 0.5) is 0 Å². The number of carbonyl (C=O) groups excluding carboxylic acids is 1. The summed E-state index contributed by atoms with van der Waals surface area (Å²) in [6.45, 7) is 6.13. The lowest BCUT2D eigenvalue weighted by Crippen LogP contribution is -1.94. The highest BCUT2D eigenvalue weighted by Gasteiger charge is 1.87. The minimum atomic E-state index is -0.338. The molecule has 1 amide bonds. The Morgan fingerprint density at radius 2 is 2.14 bits per heavy atom. The maximum absolute atomic E-state index is 10.0. The van der Waals surface area contributed by atoms with E-state index in [0.717, 1.165) is 0 Å². The number of rotatable bonds is 2. The lowest BCUT2D eigenvalue weighted by molar-refractivity contribution is -0.116. The first kappa shape index (κ1) is 6.01. The maximum Gasteiger partial charge on any atom is 0.266 e. The van der Waals surface area contributed by atoms with Crippen molar-refractivity contribution in [2.45, 2.75) is 0 Å². The van der Waals surface area contributed by atoms with E-state index in [9.17, 15) is 4.79 Å². The minimum Gasteiger partial charge on any atom is -0.291 e. The molecule has 0 aromatic rings. The van der Waals surface area contributed by atoms with Crippen molar-refractivity contribution in [3.63, 3.8) is 0 Å². The van der Waals surface area contributed by atoms with Crippen molar-refractivity contribution in [3.8, 4) is 0 Å². The van der Waals surface area contributed by atoms with Crippen molar-refractivity contribution in [1.82, 2.24) is 0 Å². The van der Waals surface area contributed by atoms with Gasteiger partial charge in [0.05, 0.1) is 0 Å². The summed E-state index contributed by atoms with van der Waals surface area (Å²) in [6.07, 6.45) is 0. The fourth-order valence-corrected chi connectivity index (χ4v) is 0.146. The molecular weight excluding hydrogens is 92.1 g/mol. The molecule has 0 spiro atoms. The number of nitrogens with zero attached hydrogens (tertiary/aromatic N) is 2. The Balaban J connectivity index is 3.36. The number of aliphatic imine (C=N–C) groups is 2. The molecule has 0 aliphatic carbocycles. The first-order valence-corrected chi connectivity index (χ1v) is 1.73. The summed E-state index contributed by atoms with van der Waals surface area (Å²) in [6, 6.07) is 0. The molecule has 0 N–H and O–H groups in total. The Morgan fingerprint density at radius 3 is 2.29 bits per heavy atom. The van der Waals surface area contributed by atoms with Crippen LogP contribution in [0.2, 0.25) is 0 Å². The van der Waals surface area contributed by atoms with Gasteiger partial charge < -0.3 is 0 Å². The Morgan fingerprint density at radius 1 is 1.57 bits per heavy atom. The summed E-state index contributed by atoms with van der Waals surface area (Å²) in [5, 5.41) is 0. The Hall–Kier alpha value is -0.990. The van der Waals surface area contributed by atoms with Gasteiger partial charge >= 0.3 is 0 Å². The molecule has 0 aromatic heterocycles. The molecule has 3 nitrogen and oxygen atoms in total. The second kappa shape index (κ2) is 3.21. The Labute approximate surface area is 41.8 Å². The van der Waals surface area contributed by atoms with E-state index in [1.54, 1.807) is 0 Å². The van der Waals surface area contributed by atoms with Gasteiger partial charge in [-0.25, -0.2) is 4.99 Å². The summed E-state index contributed by atoms with van der Waals surface area (Å²) < 4.78 is 0. The zero-order chi connectivity index (χ0) is 5.70. The topological polar surface area (TPSA) is 41.8 Å². The third kappa shape index (κ3) is 2.82. The summed E-state index contributed by atoms with van der Waals surface area (Å²) in [5.41, 5.74) is 0. The SMILES string of the molecule is C=NCC(=O)N=C. The fourth-order valence-electron chi connectivity index (χ4n) is 0.146. The molecule has 0 aromatic carbocycles. The average Bonchev–Trinajstić information content (AvgIpc) is 1.68. The van der Waals surface area contributed by atoms with E-state index >= 15 is 0 Å². The van der Waals surface area contributed by atoms with Crippen molar-refractivity contribution < 1.29 is 4.79 Å². The number of amides is 1. The van der Waals surface area contributed by atoms with Crippen molar-refractivity contribution in [2.75, 3.05) is 6.54 Å². The van der Waals surface area contributed by atoms with Crippen LogP contribution in [0.1, 0.15) is 0 Å². The van der Waals surface area contributed by atoms with Crippen LogP contribution in [-0.4, -0.2) is 25.9 Å². The summed E-state index contributed by atoms with van der Waals surface area (Å²) in [5.74, 6) is -0.338. The monoisotopic (exact) mass is 98.0 g/mol. The van der Waals surface area contributed by atoms with Crippen LogP contribution in [0, 0.1) is 0 Å². The predicted molar refractivity (Wildman–Crippen MR) is 29.0 cm³/mol.